The first-order chi connectivity index (χ1) is 10.8. The largest absolute Gasteiger partial charge is 0.355 e. The Morgan fingerprint density at radius 2 is 1.78 bits per heavy atom. The van der Waals surface area contributed by atoms with Crippen molar-refractivity contribution in [2.24, 2.45) is 0 Å². The van der Waals surface area contributed by atoms with Gasteiger partial charge >= 0.3 is 0 Å². The number of aromatic nitrogens is 2. The third kappa shape index (κ3) is 4.41. The van der Waals surface area contributed by atoms with Crippen molar-refractivity contribution in [3.63, 3.8) is 0 Å². The molecule has 1 aliphatic rings. The zero-order chi connectivity index (χ0) is 17.0. The monoisotopic (exact) mass is 340 g/mol. The minimum atomic E-state index is -3.13. The highest BCUT2D eigenvalue weighted by Gasteiger charge is 2.25. The molecule has 1 aliphatic heterocycles. The first-order valence-corrected chi connectivity index (χ1v) is 10.0. The average molecular weight is 340 g/mol. The van der Waals surface area contributed by atoms with Gasteiger partial charge in [-0.05, 0) is 33.6 Å². The van der Waals surface area contributed by atoms with Gasteiger partial charge in [-0.3, -0.25) is 0 Å². The molecule has 1 aromatic rings. The van der Waals surface area contributed by atoms with Gasteiger partial charge in [0.1, 0.15) is 11.6 Å². The minimum Gasteiger partial charge on any atom is -0.355 e. The van der Waals surface area contributed by atoms with E-state index in [1.54, 1.807) is 4.31 Å². The van der Waals surface area contributed by atoms with Gasteiger partial charge in [-0.2, -0.15) is 0 Å². The predicted octanol–water partition coefficient (Wildman–Crippen LogP) is 2.04. The molecule has 2 heterocycles. The van der Waals surface area contributed by atoms with Crippen molar-refractivity contribution >= 4 is 15.8 Å². The molecule has 0 aromatic carbocycles. The van der Waals surface area contributed by atoms with Crippen LogP contribution in [0.4, 0.5) is 5.82 Å². The fourth-order valence-electron chi connectivity index (χ4n) is 2.90. The molecule has 23 heavy (non-hydrogen) atoms. The molecule has 2 rings (SSSR count). The van der Waals surface area contributed by atoms with Crippen LogP contribution in [0.3, 0.4) is 0 Å². The third-order valence-electron chi connectivity index (χ3n) is 4.38. The summed E-state index contributed by atoms with van der Waals surface area (Å²) in [6.45, 7) is 10.6. The zero-order valence-corrected chi connectivity index (χ0v) is 15.5. The molecule has 0 atom stereocenters. The van der Waals surface area contributed by atoms with Crippen molar-refractivity contribution < 1.29 is 8.42 Å². The quantitative estimate of drug-likeness (QED) is 0.821. The minimum absolute atomic E-state index is 0.258. The number of sulfonamides is 1. The van der Waals surface area contributed by atoms with E-state index in [1.165, 1.54) is 0 Å². The van der Waals surface area contributed by atoms with E-state index >= 15 is 0 Å². The number of aryl methyl sites for hydroxylation is 2. The summed E-state index contributed by atoms with van der Waals surface area (Å²) >= 11 is 0. The highest BCUT2D eigenvalue weighted by Crippen LogP contribution is 2.21. The summed E-state index contributed by atoms with van der Waals surface area (Å²) in [5.41, 5.74) is 2.07. The van der Waals surface area contributed by atoms with Crippen LogP contribution in [0.25, 0.3) is 0 Å². The van der Waals surface area contributed by atoms with Crippen LogP contribution in [0.2, 0.25) is 0 Å². The zero-order valence-electron chi connectivity index (χ0n) is 14.7. The van der Waals surface area contributed by atoms with E-state index in [-0.39, 0.29) is 5.75 Å². The van der Waals surface area contributed by atoms with E-state index in [0.29, 0.717) is 19.6 Å². The van der Waals surface area contributed by atoms with Crippen molar-refractivity contribution in [1.82, 2.24) is 14.3 Å². The Labute approximate surface area is 140 Å². The fourth-order valence-corrected chi connectivity index (χ4v) is 4.58. The molecule has 1 aromatic heterocycles. The summed E-state index contributed by atoms with van der Waals surface area (Å²) in [4.78, 5) is 11.2. The summed E-state index contributed by atoms with van der Waals surface area (Å²) in [6.07, 6.45) is 2.46. The van der Waals surface area contributed by atoms with Gasteiger partial charge in [0.2, 0.25) is 10.0 Å². The molecule has 0 spiro atoms. The van der Waals surface area contributed by atoms with Gasteiger partial charge in [0, 0.05) is 37.4 Å². The first kappa shape index (κ1) is 18.1. The van der Waals surface area contributed by atoms with Crippen molar-refractivity contribution in [1.29, 1.82) is 0 Å². The van der Waals surface area contributed by atoms with Crippen LogP contribution in [0.5, 0.6) is 0 Å². The number of nitrogens with zero attached hydrogens (tertiary/aromatic N) is 4. The fraction of sp³-hybridized carbons (Fsp3) is 0.750. The molecule has 1 saturated heterocycles. The number of anilines is 1. The lowest BCUT2D eigenvalue weighted by Crippen LogP contribution is -2.37. The highest BCUT2D eigenvalue weighted by molar-refractivity contribution is 7.89. The highest BCUT2D eigenvalue weighted by atomic mass is 32.2. The lowest BCUT2D eigenvalue weighted by Gasteiger charge is -2.24. The molecular weight excluding hydrogens is 312 g/mol. The number of hydrogen-bond acceptors (Lipinski definition) is 5. The number of hydrogen-bond donors (Lipinski definition) is 0. The Morgan fingerprint density at radius 3 is 2.48 bits per heavy atom. The van der Waals surface area contributed by atoms with E-state index in [2.05, 4.69) is 14.9 Å². The topological polar surface area (TPSA) is 66.4 Å². The van der Waals surface area contributed by atoms with Gasteiger partial charge in [-0.25, -0.2) is 22.7 Å². The van der Waals surface area contributed by atoms with E-state index < -0.39 is 10.0 Å². The van der Waals surface area contributed by atoms with Gasteiger partial charge in [0.15, 0.2) is 0 Å². The number of rotatable bonds is 5. The van der Waals surface area contributed by atoms with E-state index in [1.807, 2.05) is 27.7 Å². The predicted molar refractivity (Wildman–Crippen MR) is 93.3 cm³/mol. The van der Waals surface area contributed by atoms with Crippen LogP contribution in [0.1, 0.15) is 43.3 Å². The molecule has 0 aliphatic carbocycles. The maximum Gasteiger partial charge on any atom is 0.214 e. The number of unbranched alkanes of at least 4 members (excludes halogenated alkanes) is 1. The van der Waals surface area contributed by atoms with Crippen molar-refractivity contribution in [3.05, 3.63) is 17.1 Å². The molecule has 6 nitrogen and oxygen atoms in total. The summed E-state index contributed by atoms with van der Waals surface area (Å²) in [5.74, 6) is 1.97. The SMILES string of the molecule is CCCCS(=O)(=O)N1CCCN(c2nc(C)nc(C)c2C)CC1. The molecule has 0 N–H and O–H groups in total. The molecule has 0 bridgehead atoms. The Hall–Kier alpha value is -1.21. The van der Waals surface area contributed by atoms with Gasteiger partial charge in [-0.15, -0.1) is 0 Å². The van der Waals surface area contributed by atoms with Crippen LogP contribution in [0, 0.1) is 20.8 Å². The summed E-state index contributed by atoms with van der Waals surface area (Å²) < 4.78 is 26.4. The van der Waals surface area contributed by atoms with Gasteiger partial charge < -0.3 is 4.90 Å². The van der Waals surface area contributed by atoms with Gasteiger partial charge in [-0.1, -0.05) is 13.3 Å². The second-order valence-electron chi connectivity index (χ2n) is 6.21. The second-order valence-corrected chi connectivity index (χ2v) is 8.30. The molecule has 0 radical (unpaired) electrons. The molecule has 0 amide bonds. The smallest absolute Gasteiger partial charge is 0.214 e. The third-order valence-corrected chi connectivity index (χ3v) is 6.34. The van der Waals surface area contributed by atoms with Crippen LogP contribution >= 0.6 is 0 Å². The summed E-state index contributed by atoms with van der Waals surface area (Å²) in [5, 5.41) is 0. The van der Waals surface area contributed by atoms with Crippen LogP contribution in [-0.2, 0) is 10.0 Å². The second kappa shape index (κ2) is 7.57. The lowest BCUT2D eigenvalue weighted by molar-refractivity contribution is 0.432. The van der Waals surface area contributed by atoms with Crippen molar-refractivity contribution in [3.8, 4) is 0 Å². The van der Waals surface area contributed by atoms with Gasteiger partial charge in [0.05, 0.1) is 5.75 Å². The maximum atomic E-state index is 12.4. The van der Waals surface area contributed by atoms with Crippen LogP contribution < -0.4 is 4.90 Å². The Bertz CT molecular complexity index is 646. The Balaban J connectivity index is 2.13. The van der Waals surface area contributed by atoms with E-state index in [9.17, 15) is 8.42 Å². The average Bonchev–Trinajstić information content (AvgIpc) is 2.75. The van der Waals surface area contributed by atoms with Crippen molar-refractivity contribution in [2.45, 2.75) is 47.0 Å². The molecule has 0 unspecified atom stereocenters. The molecule has 0 saturated carbocycles. The Morgan fingerprint density at radius 1 is 1.04 bits per heavy atom. The van der Waals surface area contributed by atoms with E-state index in [4.69, 9.17) is 0 Å². The lowest BCUT2D eigenvalue weighted by atomic mass is 10.2. The normalized spacial score (nSPS) is 17.3. The van der Waals surface area contributed by atoms with Crippen LogP contribution in [-0.4, -0.2) is 54.6 Å². The summed E-state index contributed by atoms with van der Waals surface area (Å²) in [7, 11) is -3.13. The molecule has 1 fully saturated rings. The first-order valence-electron chi connectivity index (χ1n) is 8.39. The maximum absolute atomic E-state index is 12.4. The Kier molecular flexibility index (Phi) is 5.97. The van der Waals surface area contributed by atoms with E-state index in [0.717, 1.165) is 48.7 Å². The standard InChI is InChI=1S/C16H28N4O2S/c1-5-6-12-23(21,22)20-9-7-8-19(10-11-20)16-13(2)14(3)17-15(4)18-16/h5-12H2,1-4H3. The van der Waals surface area contributed by atoms with Crippen LogP contribution in [0.15, 0.2) is 0 Å². The van der Waals surface area contributed by atoms with Crippen molar-refractivity contribution in [2.75, 3.05) is 36.8 Å². The molecule has 7 heteroatoms. The molecule has 130 valence electrons. The molecular formula is C16H28N4O2S. The van der Waals surface area contributed by atoms with Gasteiger partial charge in [0.25, 0.3) is 0 Å². The summed E-state index contributed by atoms with van der Waals surface area (Å²) in [6, 6.07) is 0.